The fourth-order valence-electron chi connectivity index (χ4n) is 2.03. The first-order chi connectivity index (χ1) is 10.4. The Hall–Kier alpha value is -1.92. The summed E-state index contributed by atoms with van der Waals surface area (Å²) >= 11 is 5.30. The number of thiocarbonyl (C=S) groups is 1. The van der Waals surface area contributed by atoms with Crippen molar-refractivity contribution in [2.45, 2.75) is 18.7 Å². The van der Waals surface area contributed by atoms with Crippen molar-refractivity contribution in [1.29, 1.82) is 0 Å². The molecule has 0 saturated heterocycles. The lowest BCUT2D eigenvalue weighted by molar-refractivity contribution is 0.601. The molecule has 22 heavy (non-hydrogen) atoms. The smallest absolute Gasteiger partial charge is 0.262 e. The lowest BCUT2D eigenvalue weighted by Crippen LogP contribution is -2.25. The Balaban J connectivity index is 2.44. The zero-order valence-corrected chi connectivity index (χ0v) is 14.1. The van der Waals surface area contributed by atoms with Gasteiger partial charge in [0.2, 0.25) is 0 Å². The van der Waals surface area contributed by atoms with Crippen molar-refractivity contribution >= 4 is 32.9 Å². The van der Waals surface area contributed by atoms with Gasteiger partial charge in [-0.15, -0.1) is 0 Å². The van der Waals surface area contributed by atoms with Crippen LogP contribution in [0.5, 0.6) is 0 Å². The number of rotatable bonds is 5. The van der Waals surface area contributed by atoms with Gasteiger partial charge in [0.05, 0.1) is 4.90 Å². The highest BCUT2D eigenvalue weighted by Crippen LogP contribution is 2.21. The lowest BCUT2D eigenvalue weighted by Gasteiger charge is -2.14. The molecule has 4 nitrogen and oxygen atoms in total. The summed E-state index contributed by atoms with van der Waals surface area (Å²) in [6.07, 6.45) is 0. The van der Waals surface area contributed by atoms with E-state index in [4.69, 9.17) is 12.2 Å². The monoisotopic (exact) mass is 334 g/mol. The van der Waals surface area contributed by atoms with Crippen molar-refractivity contribution in [2.75, 3.05) is 11.3 Å². The molecule has 0 radical (unpaired) electrons. The van der Waals surface area contributed by atoms with Crippen molar-refractivity contribution in [3.05, 3.63) is 59.7 Å². The molecule has 0 saturated carbocycles. The van der Waals surface area contributed by atoms with Crippen LogP contribution in [-0.4, -0.2) is 20.0 Å². The summed E-state index contributed by atoms with van der Waals surface area (Å²) < 4.78 is 27.9. The molecule has 2 aromatic carbocycles. The summed E-state index contributed by atoms with van der Waals surface area (Å²) in [6.45, 7) is 4.45. The van der Waals surface area contributed by atoms with Gasteiger partial charge in [-0.05, 0) is 38.1 Å². The van der Waals surface area contributed by atoms with Gasteiger partial charge in [-0.1, -0.05) is 42.0 Å². The Labute approximate surface area is 136 Å². The molecule has 0 aromatic heterocycles. The third-order valence-electron chi connectivity index (χ3n) is 3.03. The molecule has 0 bridgehead atoms. The number of sulfonamides is 1. The summed E-state index contributed by atoms with van der Waals surface area (Å²) in [4.78, 5) is 0.604. The fraction of sp³-hybridized carbons (Fsp3) is 0.188. The molecule has 2 aromatic rings. The molecule has 6 heteroatoms. The Kier molecular flexibility index (Phi) is 5.15. The SMILES string of the molecule is CCNC(=S)c1cc(C)ccc1S(=O)(=O)Nc1ccccc1. The van der Waals surface area contributed by atoms with Crippen LogP contribution >= 0.6 is 12.2 Å². The average molecular weight is 334 g/mol. The van der Waals surface area contributed by atoms with Gasteiger partial charge in [0, 0.05) is 17.8 Å². The lowest BCUT2D eigenvalue weighted by atomic mass is 10.1. The van der Waals surface area contributed by atoms with E-state index in [1.165, 1.54) is 0 Å². The van der Waals surface area contributed by atoms with Crippen molar-refractivity contribution < 1.29 is 8.42 Å². The van der Waals surface area contributed by atoms with E-state index in [0.717, 1.165) is 5.56 Å². The second-order valence-corrected chi connectivity index (χ2v) is 6.89. The zero-order valence-electron chi connectivity index (χ0n) is 12.5. The normalized spacial score (nSPS) is 11.0. The predicted molar refractivity (Wildman–Crippen MR) is 93.8 cm³/mol. The Morgan fingerprint density at radius 3 is 2.45 bits per heavy atom. The number of hydrogen-bond acceptors (Lipinski definition) is 3. The first kappa shape index (κ1) is 16.5. The van der Waals surface area contributed by atoms with Crippen LogP contribution in [0.3, 0.4) is 0 Å². The number of anilines is 1. The van der Waals surface area contributed by atoms with E-state index in [-0.39, 0.29) is 4.90 Å². The van der Waals surface area contributed by atoms with E-state index in [1.54, 1.807) is 42.5 Å². The number of benzene rings is 2. The van der Waals surface area contributed by atoms with Crippen LogP contribution in [0.2, 0.25) is 0 Å². The summed E-state index contributed by atoms with van der Waals surface area (Å²) in [5.41, 5.74) is 1.98. The van der Waals surface area contributed by atoms with Crippen LogP contribution in [-0.2, 0) is 10.0 Å². The van der Waals surface area contributed by atoms with Crippen LogP contribution < -0.4 is 10.0 Å². The van der Waals surface area contributed by atoms with Crippen LogP contribution in [0, 0.1) is 6.92 Å². The van der Waals surface area contributed by atoms with E-state index in [1.807, 2.05) is 19.9 Å². The Morgan fingerprint density at radius 2 is 1.82 bits per heavy atom. The number of aryl methyl sites for hydroxylation is 1. The van der Waals surface area contributed by atoms with E-state index in [9.17, 15) is 8.42 Å². The molecule has 0 amide bonds. The maximum Gasteiger partial charge on any atom is 0.262 e. The minimum absolute atomic E-state index is 0.174. The molecule has 0 aliphatic rings. The average Bonchev–Trinajstić information content (AvgIpc) is 2.47. The first-order valence-corrected chi connectivity index (χ1v) is 8.80. The molecule has 0 heterocycles. The van der Waals surface area contributed by atoms with Crippen LogP contribution in [0.25, 0.3) is 0 Å². The van der Waals surface area contributed by atoms with Crippen LogP contribution in [0.15, 0.2) is 53.4 Å². The van der Waals surface area contributed by atoms with Crippen molar-refractivity contribution in [3.63, 3.8) is 0 Å². The zero-order chi connectivity index (χ0) is 16.2. The van der Waals surface area contributed by atoms with Gasteiger partial charge in [-0.25, -0.2) is 8.42 Å². The molecule has 0 spiro atoms. The number of hydrogen-bond donors (Lipinski definition) is 2. The molecule has 0 fully saturated rings. The van der Waals surface area contributed by atoms with Gasteiger partial charge in [-0.2, -0.15) is 0 Å². The van der Waals surface area contributed by atoms with E-state index in [2.05, 4.69) is 10.0 Å². The van der Waals surface area contributed by atoms with Crippen LogP contribution in [0.4, 0.5) is 5.69 Å². The second kappa shape index (κ2) is 6.89. The van der Waals surface area contributed by atoms with Crippen molar-refractivity contribution in [3.8, 4) is 0 Å². The summed E-state index contributed by atoms with van der Waals surface area (Å²) in [6, 6.07) is 13.9. The third kappa shape index (κ3) is 3.84. The van der Waals surface area contributed by atoms with Gasteiger partial charge >= 0.3 is 0 Å². The van der Waals surface area contributed by atoms with Crippen LogP contribution in [0.1, 0.15) is 18.1 Å². The summed E-state index contributed by atoms with van der Waals surface area (Å²) in [5, 5.41) is 3.00. The standard InChI is InChI=1S/C16H18N2O2S2/c1-3-17-16(21)14-11-12(2)9-10-15(14)22(19,20)18-13-7-5-4-6-8-13/h4-11,18H,3H2,1-2H3,(H,17,21). The van der Waals surface area contributed by atoms with Gasteiger partial charge < -0.3 is 5.32 Å². The maximum absolute atomic E-state index is 12.6. The number of para-hydroxylation sites is 1. The molecule has 116 valence electrons. The van der Waals surface area contributed by atoms with Gasteiger partial charge in [0.25, 0.3) is 10.0 Å². The van der Waals surface area contributed by atoms with E-state index in [0.29, 0.717) is 22.8 Å². The highest BCUT2D eigenvalue weighted by atomic mass is 32.2. The Morgan fingerprint density at radius 1 is 1.14 bits per heavy atom. The topological polar surface area (TPSA) is 58.2 Å². The van der Waals surface area contributed by atoms with Gasteiger partial charge in [0.1, 0.15) is 4.99 Å². The van der Waals surface area contributed by atoms with Gasteiger partial charge in [-0.3, -0.25) is 4.72 Å². The summed E-state index contributed by atoms with van der Waals surface area (Å²) in [7, 11) is -3.70. The molecular formula is C16H18N2O2S2. The quantitative estimate of drug-likeness (QED) is 0.825. The minimum Gasteiger partial charge on any atom is -0.376 e. The summed E-state index contributed by atoms with van der Waals surface area (Å²) in [5.74, 6) is 0. The molecular weight excluding hydrogens is 316 g/mol. The van der Waals surface area contributed by atoms with E-state index >= 15 is 0 Å². The predicted octanol–water partition coefficient (Wildman–Crippen LogP) is 3.08. The molecule has 2 N–H and O–H groups in total. The van der Waals surface area contributed by atoms with Gasteiger partial charge in [0.15, 0.2) is 0 Å². The fourth-order valence-corrected chi connectivity index (χ4v) is 3.66. The first-order valence-electron chi connectivity index (χ1n) is 6.91. The largest absolute Gasteiger partial charge is 0.376 e. The number of nitrogens with one attached hydrogen (secondary N) is 2. The minimum atomic E-state index is -3.70. The van der Waals surface area contributed by atoms with Crippen molar-refractivity contribution in [2.24, 2.45) is 0 Å². The second-order valence-electron chi connectivity index (χ2n) is 4.83. The Bertz CT molecular complexity index is 772. The highest BCUT2D eigenvalue weighted by Gasteiger charge is 2.20. The molecule has 0 atom stereocenters. The molecule has 0 aliphatic heterocycles. The highest BCUT2D eigenvalue weighted by molar-refractivity contribution is 7.93. The van der Waals surface area contributed by atoms with E-state index < -0.39 is 10.0 Å². The maximum atomic E-state index is 12.6. The molecule has 0 unspecified atom stereocenters. The third-order valence-corrected chi connectivity index (χ3v) is 4.84. The molecule has 2 rings (SSSR count). The molecule has 0 aliphatic carbocycles. The van der Waals surface area contributed by atoms with Crippen molar-refractivity contribution in [1.82, 2.24) is 5.32 Å².